The Kier molecular flexibility index (Phi) is 2.17. The van der Waals surface area contributed by atoms with Crippen molar-refractivity contribution in [3.63, 3.8) is 0 Å². The summed E-state index contributed by atoms with van der Waals surface area (Å²) in [6.07, 6.45) is 2.13. The van der Waals surface area contributed by atoms with Crippen LogP contribution in [0.5, 0.6) is 11.5 Å². The Bertz CT molecular complexity index is 618. The number of benzene rings is 2. The van der Waals surface area contributed by atoms with Crippen molar-refractivity contribution < 1.29 is 4.74 Å². The first kappa shape index (κ1) is 10.2. The molecule has 0 aliphatic carbocycles. The Morgan fingerprint density at radius 3 is 2.83 bits per heavy atom. The first-order valence-corrected chi connectivity index (χ1v) is 6.52. The van der Waals surface area contributed by atoms with Crippen molar-refractivity contribution in [2.45, 2.75) is 19.4 Å². The lowest BCUT2D eigenvalue weighted by atomic mass is 9.90. The number of hydrogen-bond donors (Lipinski definition) is 1. The van der Waals surface area contributed by atoms with Gasteiger partial charge in [0.2, 0.25) is 0 Å². The molecule has 0 amide bonds. The van der Waals surface area contributed by atoms with Gasteiger partial charge in [0.05, 0.1) is 0 Å². The number of nitrogens with one attached hydrogen (secondary N) is 1. The van der Waals surface area contributed by atoms with E-state index in [9.17, 15) is 0 Å². The van der Waals surface area contributed by atoms with Crippen molar-refractivity contribution in [1.82, 2.24) is 5.32 Å². The largest absolute Gasteiger partial charge is 0.457 e. The minimum absolute atomic E-state index is 0.976. The fourth-order valence-electron chi connectivity index (χ4n) is 2.96. The smallest absolute Gasteiger partial charge is 0.131 e. The predicted molar refractivity (Wildman–Crippen MR) is 71.2 cm³/mol. The lowest BCUT2D eigenvalue weighted by molar-refractivity contribution is 0.456. The molecule has 2 heterocycles. The summed E-state index contributed by atoms with van der Waals surface area (Å²) in [6.45, 7) is 2.06. The van der Waals surface area contributed by atoms with Crippen molar-refractivity contribution in [1.29, 1.82) is 0 Å². The zero-order valence-corrected chi connectivity index (χ0v) is 10.2. The molecule has 2 aromatic carbocycles. The summed E-state index contributed by atoms with van der Waals surface area (Å²) in [4.78, 5) is 0. The number of para-hydroxylation sites is 1. The highest BCUT2D eigenvalue weighted by Crippen LogP contribution is 2.39. The van der Waals surface area contributed by atoms with Crippen LogP contribution in [0.2, 0.25) is 0 Å². The Morgan fingerprint density at radius 1 is 0.889 bits per heavy atom. The molecule has 18 heavy (non-hydrogen) atoms. The number of rotatable bonds is 0. The molecule has 0 unspecified atom stereocenters. The molecule has 1 N–H and O–H groups in total. The molecule has 2 aliphatic rings. The number of hydrogen-bond acceptors (Lipinski definition) is 2. The third-order valence-corrected chi connectivity index (χ3v) is 3.92. The van der Waals surface area contributed by atoms with Gasteiger partial charge in [0.15, 0.2) is 0 Å². The van der Waals surface area contributed by atoms with Crippen LogP contribution in [0.15, 0.2) is 36.4 Å². The third kappa shape index (κ3) is 1.46. The summed E-state index contributed by atoms with van der Waals surface area (Å²) < 4.78 is 6.02. The van der Waals surface area contributed by atoms with Crippen LogP contribution in [-0.2, 0) is 19.4 Å². The molecule has 90 valence electrons. The molecule has 0 saturated heterocycles. The highest BCUT2D eigenvalue weighted by atomic mass is 16.5. The van der Waals surface area contributed by atoms with E-state index in [0.29, 0.717) is 0 Å². The van der Waals surface area contributed by atoms with Crippen LogP contribution in [0.3, 0.4) is 0 Å². The van der Waals surface area contributed by atoms with Crippen molar-refractivity contribution in [3.8, 4) is 11.5 Å². The third-order valence-electron chi connectivity index (χ3n) is 3.92. The minimum Gasteiger partial charge on any atom is -0.457 e. The molecule has 0 radical (unpaired) electrons. The van der Waals surface area contributed by atoms with E-state index < -0.39 is 0 Å². The van der Waals surface area contributed by atoms with Gasteiger partial charge in [-0.25, -0.2) is 0 Å². The van der Waals surface area contributed by atoms with Gasteiger partial charge in [-0.05, 0) is 41.8 Å². The van der Waals surface area contributed by atoms with Crippen LogP contribution in [0.1, 0.15) is 22.3 Å². The second-order valence-corrected chi connectivity index (χ2v) is 4.99. The maximum Gasteiger partial charge on any atom is 0.131 e. The molecule has 0 spiro atoms. The zero-order valence-electron chi connectivity index (χ0n) is 10.2. The molecule has 2 heteroatoms. The Labute approximate surface area is 107 Å². The predicted octanol–water partition coefficient (Wildman–Crippen LogP) is 3.03. The van der Waals surface area contributed by atoms with Gasteiger partial charge in [-0.3, -0.25) is 0 Å². The molecular weight excluding hydrogens is 222 g/mol. The highest BCUT2D eigenvalue weighted by molar-refractivity contribution is 5.55. The summed E-state index contributed by atoms with van der Waals surface area (Å²) in [6, 6.07) is 12.7. The zero-order chi connectivity index (χ0) is 11.9. The summed E-state index contributed by atoms with van der Waals surface area (Å²) in [7, 11) is 0. The Balaban J connectivity index is 1.86. The molecule has 2 nitrogen and oxygen atoms in total. The van der Waals surface area contributed by atoms with E-state index in [1.165, 1.54) is 22.3 Å². The molecular formula is C16H15NO. The molecule has 0 atom stereocenters. The molecule has 2 aromatic rings. The van der Waals surface area contributed by atoms with Crippen LogP contribution in [0, 0.1) is 0 Å². The van der Waals surface area contributed by atoms with Gasteiger partial charge in [-0.2, -0.15) is 0 Å². The van der Waals surface area contributed by atoms with E-state index >= 15 is 0 Å². The van der Waals surface area contributed by atoms with Gasteiger partial charge in [-0.15, -0.1) is 0 Å². The van der Waals surface area contributed by atoms with E-state index in [-0.39, 0.29) is 0 Å². The van der Waals surface area contributed by atoms with E-state index in [0.717, 1.165) is 37.4 Å². The fraction of sp³-hybridized carbons (Fsp3) is 0.250. The van der Waals surface area contributed by atoms with E-state index in [2.05, 4.69) is 35.6 Å². The first-order chi connectivity index (χ1) is 8.92. The Morgan fingerprint density at radius 2 is 1.83 bits per heavy atom. The van der Waals surface area contributed by atoms with Crippen LogP contribution >= 0.6 is 0 Å². The molecule has 4 rings (SSSR count). The van der Waals surface area contributed by atoms with Crippen molar-refractivity contribution in [3.05, 3.63) is 58.7 Å². The summed E-state index contributed by atoms with van der Waals surface area (Å²) in [5, 5.41) is 3.46. The fourth-order valence-corrected chi connectivity index (χ4v) is 2.96. The molecule has 0 fully saturated rings. The van der Waals surface area contributed by atoms with Crippen molar-refractivity contribution in [2.75, 3.05) is 6.54 Å². The van der Waals surface area contributed by atoms with E-state index in [1.807, 2.05) is 6.07 Å². The average Bonchev–Trinajstić information content (AvgIpc) is 2.45. The van der Waals surface area contributed by atoms with E-state index in [4.69, 9.17) is 4.74 Å². The lowest BCUT2D eigenvalue weighted by Gasteiger charge is -2.26. The number of ether oxygens (including phenoxy) is 1. The van der Waals surface area contributed by atoms with Crippen LogP contribution < -0.4 is 10.1 Å². The standard InChI is InChI=1S/C16H15NO/c1-2-4-15-12(3-1)9-13-14-10-17-8-7-11(14)5-6-16(13)18-15/h1-6,17H,7-10H2. The van der Waals surface area contributed by atoms with E-state index in [1.54, 1.807) is 0 Å². The second-order valence-electron chi connectivity index (χ2n) is 4.99. The molecule has 0 saturated carbocycles. The SMILES string of the molecule is c1ccc2c(c1)Cc1c(ccc3c1CNCC3)O2. The summed E-state index contributed by atoms with van der Waals surface area (Å²) >= 11 is 0. The van der Waals surface area contributed by atoms with Gasteiger partial charge < -0.3 is 10.1 Å². The molecule has 0 bridgehead atoms. The second kappa shape index (κ2) is 3.85. The van der Waals surface area contributed by atoms with Crippen molar-refractivity contribution in [2.24, 2.45) is 0 Å². The maximum absolute atomic E-state index is 6.02. The highest BCUT2D eigenvalue weighted by Gasteiger charge is 2.22. The van der Waals surface area contributed by atoms with Gasteiger partial charge in [0, 0.05) is 18.5 Å². The molecule has 2 aliphatic heterocycles. The monoisotopic (exact) mass is 237 g/mol. The van der Waals surface area contributed by atoms with Gasteiger partial charge in [0.25, 0.3) is 0 Å². The molecule has 0 aromatic heterocycles. The van der Waals surface area contributed by atoms with Gasteiger partial charge in [0.1, 0.15) is 11.5 Å². The van der Waals surface area contributed by atoms with Crippen LogP contribution in [0.4, 0.5) is 0 Å². The van der Waals surface area contributed by atoms with Crippen molar-refractivity contribution >= 4 is 0 Å². The Hall–Kier alpha value is -1.80. The topological polar surface area (TPSA) is 21.3 Å². The normalized spacial score (nSPS) is 16.2. The minimum atomic E-state index is 0.976. The summed E-state index contributed by atoms with van der Waals surface area (Å²) in [5.74, 6) is 2.05. The maximum atomic E-state index is 6.02. The lowest BCUT2D eigenvalue weighted by Crippen LogP contribution is -2.25. The van der Waals surface area contributed by atoms with Crippen LogP contribution in [-0.4, -0.2) is 6.54 Å². The van der Waals surface area contributed by atoms with Gasteiger partial charge >= 0.3 is 0 Å². The van der Waals surface area contributed by atoms with Gasteiger partial charge in [-0.1, -0.05) is 24.3 Å². The quantitative estimate of drug-likeness (QED) is 0.649. The average molecular weight is 237 g/mol. The summed E-state index contributed by atoms with van der Waals surface area (Å²) in [5.41, 5.74) is 5.60. The number of fused-ring (bicyclic) bond motifs is 4. The first-order valence-electron chi connectivity index (χ1n) is 6.52. The van der Waals surface area contributed by atoms with Crippen LogP contribution in [0.25, 0.3) is 0 Å².